The van der Waals surface area contributed by atoms with Gasteiger partial charge in [-0.1, -0.05) is 18.5 Å². The maximum absolute atomic E-state index is 6.16. The molecule has 0 aromatic carbocycles. The first-order chi connectivity index (χ1) is 8.72. The third-order valence-corrected chi connectivity index (χ3v) is 3.35. The third kappa shape index (κ3) is 2.92. The van der Waals surface area contributed by atoms with Crippen LogP contribution in [0.4, 0.5) is 0 Å². The van der Waals surface area contributed by atoms with Crippen molar-refractivity contribution in [1.29, 1.82) is 0 Å². The van der Waals surface area contributed by atoms with Gasteiger partial charge in [0.15, 0.2) is 0 Å². The highest BCUT2D eigenvalue weighted by molar-refractivity contribution is 6.31. The van der Waals surface area contributed by atoms with Gasteiger partial charge in [0.2, 0.25) is 0 Å². The number of furan rings is 1. The van der Waals surface area contributed by atoms with Crippen LogP contribution < -0.4 is 5.32 Å². The first-order valence-electron chi connectivity index (χ1n) is 6.08. The van der Waals surface area contributed by atoms with Crippen LogP contribution in [0.1, 0.15) is 29.9 Å². The number of hydrogen-bond donors (Lipinski definition) is 1. The van der Waals surface area contributed by atoms with Gasteiger partial charge in [0, 0.05) is 24.0 Å². The first kappa shape index (κ1) is 13.1. The maximum Gasteiger partial charge on any atom is 0.105 e. The Morgan fingerprint density at radius 3 is 2.89 bits per heavy atom. The molecule has 18 heavy (non-hydrogen) atoms. The molecule has 1 N–H and O–H groups in total. The maximum atomic E-state index is 6.16. The molecule has 96 valence electrons. The fourth-order valence-electron chi connectivity index (χ4n) is 2.08. The predicted octanol–water partition coefficient (Wildman–Crippen LogP) is 3.53. The van der Waals surface area contributed by atoms with Crippen molar-refractivity contribution >= 4 is 11.6 Å². The van der Waals surface area contributed by atoms with E-state index in [0.29, 0.717) is 5.02 Å². The van der Waals surface area contributed by atoms with Crippen molar-refractivity contribution in [1.82, 2.24) is 10.3 Å². The largest absolute Gasteiger partial charge is 0.469 e. The molecule has 0 bridgehead atoms. The molecule has 2 aromatic heterocycles. The van der Waals surface area contributed by atoms with E-state index in [9.17, 15) is 0 Å². The van der Waals surface area contributed by atoms with Crippen LogP contribution in [0.3, 0.4) is 0 Å². The number of rotatable bonds is 5. The standard InChI is InChI=1S/C14H17ClN2O/c1-3-17-14(12-5-7-18-10(12)2)8-11-4-6-16-9-13(11)15/h4-7,9,14,17H,3,8H2,1-2H3. The molecule has 4 heteroatoms. The van der Waals surface area contributed by atoms with Crippen LogP contribution in [-0.2, 0) is 6.42 Å². The van der Waals surface area contributed by atoms with Crippen LogP contribution in [0, 0.1) is 6.92 Å². The molecule has 0 saturated heterocycles. The first-order valence-corrected chi connectivity index (χ1v) is 6.46. The molecule has 1 unspecified atom stereocenters. The van der Waals surface area contributed by atoms with Gasteiger partial charge >= 0.3 is 0 Å². The Morgan fingerprint density at radius 1 is 1.44 bits per heavy atom. The summed E-state index contributed by atoms with van der Waals surface area (Å²) in [5.41, 5.74) is 2.28. The Hall–Kier alpha value is -1.32. The normalized spacial score (nSPS) is 12.6. The summed E-state index contributed by atoms with van der Waals surface area (Å²) in [6, 6.07) is 4.19. The molecule has 0 spiro atoms. The van der Waals surface area contributed by atoms with Gasteiger partial charge in [-0.25, -0.2) is 0 Å². The molecule has 0 radical (unpaired) electrons. The molecule has 0 saturated carbocycles. The zero-order valence-electron chi connectivity index (χ0n) is 10.6. The van der Waals surface area contributed by atoms with Gasteiger partial charge in [0.05, 0.1) is 11.3 Å². The van der Waals surface area contributed by atoms with Gasteiger partial charge < -0.3 is 9.73 Å². The molecule has 0 aliphatic carbocycles. The number of aryl methyl sites for hydroxylation is 1. The van der Waals surface area contributed by atoms with Crippen molar-refractivity contribution in [3.63, 3.8) is 0 Å². The number of hydrogen-bond acceptors (Lipinski definition) is 3. The summed E-state index contributed by atoms with van der Waals surface area (Å²) in [4.78, 5) is 4.01. The van der Waals surface area contributed by atoms with E-state index in [2.05, 4.69) is 17.2 Å². The number of pyridine rings is 1. The number of likely N-dealkylation sites (N-methyl/N-ethyl adjacent to an activating group) is 1. The monoisotopic (exact) mass is 264 g/mol. The van der Waals surface area contributed by atoms with E-state index in [-0.39, 0.29) is 6.04 Å². The third-order valence-electron chi connectivity index (χ3n) is 3.01. The van der Waals surface area contributed by atoms with Crippen molar-refractivity contribution in [3.8, 4) is 0 Å². The number of aromatic nitrogens is 1. The highest BCUT2D eigenvalue weighted by atomic mass is 35.5. The lowest BCUT2D eigenvalue weighted by molar-refractivity contribution is 0.501. The molecule has 3 nitrogen and oxygen atoms in total. The summed E-state index contributed by atoms with van der Waals surface area (Å²) < 4.78 is 5.37. The molecule has 0 aliphatic rings. The quantitative estimate of drug-likeness (QED) is 0.898. The Kier molecular flexibility index (Phi) is 4.39. The fourth-order valence-corrected chi connectivity index (χ4v) is 2.28. The van der Waals surface area contributed by atoms with Gasteiger partial charge in [-0.05, 0) is 37.6 Å². The van der Waals surface area contributed by atoms with Gasteiger partial charge in [-0.2, -0.15) is 0 Å². The summed E-state index contributed by atoms with van der Waals surface area (Å²) in [7, 11) is 0. The lowest BCUT2D eigenvalue weighted by Crippen LogP contribution is -2.23. The molecule has 0 amide bonds. The molecular weight excluding hydrogens is 248 g/mol. The smallest absolute Gasteiger partial charge is 0.105 e. The molecule has 0 aliphatic heterocycles. The highest BCUT2D eigenvalue weighted by Gasteiger charge is 2.16. The summed E-state index contributed by atoms with van der Waals surface area (Å²) in [6.45, 7) is 4.97. The average molecular weight is 265 g/mol. The number of nitrogens with one attached hydrogen (secondary N) is 1. The fraction of sp³-hybridized carbons (Fsp3) is 0.357. The zero-order chi connectivity index (χ0) is 13.0. The Morgan fingerprint density at radius 2 is 2.28 bits per heavy atom. The second kappa shape index (κ2) is 6.03. The highest BCUT2D eigenvalue weighted by Crippen LogP contribution is 2.25. The number of halogens is 1. The summed E-state index contributed by atoms with van der Waals surface area (Å²) in [5, 5.41) is 4.17. The van der Waals surface area contributed by atoms with Gasteiger partial charge in [0.25, 0.3) is 0 Å². The lowest BCUT2D eigenvalue weighted by Gasteiger charge is -2.18. The van der Waals surface area contributed by atoms with Crippen LogP contribution >= 0.6 is 11.6 Å². The number of nitrogens with zero attached hydrogens (tertiary/aromatic N) is 1. The van der Waals surface area contributed by atoms with E-state index in [1.54, 1.807) is 18.7 Å². The molecule has 0 fully saturated rings. The van der Waals surface area contributed by atoms with Crippen LogP contribution in [0.15, 0.2) is 35.2 Å². The predicted molar refractivity (Wildman–Crippen MR) is 72.8 cm³/mol. The second-order valence-electron chi connectivity index (χ2n) is 4.21. The van der Waals surface area contributed by atoms with Crippen molar-refractivity contribution in [2.24, 2.45) is 0 Å². The molecule has 2 rings (SSSR count). The second-order valence-corrected chi connectivity index (χ2v) is 4.62. The molecular formula is C14H17ClN2O. The van der Waals surface area contributed by atoms with E-state index in [1.807, 2.05) is 19.1 Å². The zero-order valence-corrected chi connectivity index (χ0v) is 11.4. The van der Waals surface area contributed by atoms with E-state index in [0.717, 1.165) is 24.3 Å². The van der Waals surface area contributed by atoms with Crippen molar-refractivity contribution in [2.75, 3.05) is 6.54 Å². The molecule has 2 aromatic rings. The summed E-state index contributed by atoms with van der Waals surface area (Å²) in [5.74, 6) is 0.950. The minimum absolute atomic E-state index is 0.216. The van der Waals surface area contributed by atoms with Crippen LogP contribution in [0.25, 0.3) is 0 Å². The Bertz CT molecular complexity index is 510. The average Bonchev–Trinajstić information content (AvgIpc) is 2.78. The molecule has 1 atom stereocenters. The Balaban J connectivity index is 2.22. The van der Waals surface area contributed by atoms with Crippen LogP contribution in [0.2, 0.25) is 5.02 Å². The lowest BCUT2D eigenvalue weighted by atomic mass is 10.00. The van der Waals surface area contributed by atoms with Gasteiger partial charge in [0.1, 0.15) is 5.76 Å². The Labute approximate surface area is 112 Å². The van der Waals surface area contributed by atoms with Gasteiger partial charge in [-0.3, -0.25) is 4.98 Å². The van der Waals surface area contributed by atoms with E-state index >= 15 is 0 Å². The van der Waals surface area contributed by atoms with E-state index < -0.39 is 0 Å². The SMILES string of the molecule is CCNC(Cc1ccncc1Cl)c1ccoc1C. The van der Waals surface area contributed by atoms with Crippen LogP contribution in [-0.4, -0.2) is 11.5 Å². The summed E-state index contributed by atoms with van der Waals surface area (Å²) in [6.07, 6.45) is 6.01. The van der Waals surface area contributed by atoms with Crippen LogP contribution in [0.5, 0.6) is 0 Å². The van der Waals surface area contributed by atoms with Crippen molar-refractivity contribution < 1.29 is 4.42 Å². The van der Waals surface area contributed by atoms with E-state index in [1.165, 1.54) is 5.56 Å². The van der Waals surface area contributed by atoms with E-state index in [4.69, 9.17) is 16.0 Å². The van der Waals surface area contributed by atoms with Gasteiger partial charge in [-0.15, -0.1) is 0 Å². The van der Waals surface area contributed by atoms with Crippen molar-refractivity contribution in [2.45, 2.75) is 26.3 Å². The topological polar surface area (TPSA) is 38.1 Å². The molecule has 2 heterocycles. The minimum atomic E-state index is 0.216. The summed E-state index contributed by atoms with van der Waals surface area (Å²) >= 11 is 6.16. The minimum Gasteiger partial charge on any atom is -0.469 e. The van der Waals surface area contributed by atoms with Crippen molar-refractivity contribution in [3.05, 3.63) is 52.7 Å².